The number of nitrogens with zero attached hydrogens (tertiary/aromatic N) is 1. The summed E-state index contributed by atoms with van der Waals surface area (Å²) in [5.41, 5.74) is 6.92. The van der Waals surface area contributed by atoms with Crippen LogP contribution in [0.2, 0.25) is 5.15 Å². The van der Waals surface area contributed by atoms with Gasteiger partial charge in [-0.3, -0.25) is 0 Å². The number of halogens is 3. The van der Waals surface area contributed by atoms with Crippen molar-refractivity contribution in [3.63, 3.8) is 0 Å². The fourth-order valence-electron chi connectivity index (χ4n) is 2.61. The summed E-state index contributed by atoms with van der Waals surface area (Å²) in [5, 5.41) is 4.67. The summed E-state index contributed by atoms with van der Waals surface area (Å²) >= 11 is 7.53. The van der Waals surface area contributed by atoms with Crippen LogP contribution in [0.4, 0.5) is 14.5 Å². The summed E-state index contributed by atoms with van der Waals surface area (Å²) in [5.74, 6) is 5.33. The fraction of sp³-hybridized carbons (Fsp3) is 0.316. The number of nitrogens with two attached hydrogens (primary N) is 1. The number of thiophene rings is 1. The number of nitrogens with one attached hydrogen (secondary N) is 1. The Morgan fingerprint density at radius 3 is 2.89 bits per heavy atom. The molecule has 8 heteroatoms. The summed E-state index contributed by atoms with van der Waals surface area (Å²) in [4.78, 5) is 5.11. The zero-order chi connectivity index (χ0) is 19.6. The molecule has 0 aliphatic carbocycles. The molecule has 3 aromatic heterocycles. The number of alkyl halides is 1. The lowest BCUT2D eigenvalue weighted by molar-refractivity contribution is 0.296. The predicted octanol–water partition coefficient (Wildman–Crippen LogP) is 4.89. The van der Waals surface area contributed by atoms with Crippen molar-refractivity contribution in [2.45, 2.75) is 39.0 Å². The highest BCUT2D eigenvalue weighted by atomic mass is 35.5. The molecule has 0 aliphatic rings. The average molecular weight is 410 g/mol. The van der Waals surface area contributed by atoms with Gasteiger partial charge in [-0.05, 0) is 25.3 Å². The van der Waals surface area contributed by atoms with E-state index in [1.807, 2.05) is 17.5 Å². The number of hydrogen-bond acceptors (Lipinski definition) is 5. The van der Waals surface area contributed by atoms with E-state index in [4.69, 9.17) is 21.8 Å². The molecule has 0 bridgehead atoms. The number of furan rings is 1. The normalized spacial score (nSPS) is 13.3. The molecule has 0 unspecified atom stereocenters. The molecular weight excluding hydrogens is 392 g/mol. The number of fused-ring (bicyclic) bond motifs is 1. The molecule has 3 heterocycles. The standard InChI is InChI=1S/C19H18ClF2N3OS/c1-3-5-12-14(8-13(23)10(2)21)26-18-16(12)25-19(20)15(22)17(18)24-9-11-6-4-7-27-11/h4,6-7,10,13H,8-9,23H2,1-2H3,(H,24,25)/t10-,13+/m0/s1. The van der Waals surface area contributed by atoms with Gasteiger partial charge in [0.15, 0.2) is 16.6 Å². The minimum atomic E-state index is -1.23. The van der Waals surface area contributed by atoms with Crippen LogP contribution in [0.3, 0.4) is 0 Å². The zero-order valence-electron chi connectivity index (χ0n) is 14.8. The number of pyridine rings is 1. The van der Waals surface area contributed by atoms with Gasteiger partial charge in [-0.25, -0.2) is 13.8 Å². The molecular formula is C19H18ClF2N3OS. The van der Waals surface area contributed by atoms with E-state index in [9.17, 15) is 8.78 Å². The third-order valence-electron chi connectivity index (χ3n) is 4.07. The van der Waals surface area contributed by atoms with E-state index in [1.165, 1.54) is 6.92 Å². The van der Waals surface area contributed by atoms with E-state index in [-0.39, 0.29) is 22.8 Å². The van der Waals surface area contributed by atoms with E-state index < -0.39 is 18.0 Å². The van der Waals surface area contributed by atoms with Gasteiger partial charge in [0.2, 0.25) is 0 Å². The molecule has 2 atom stereocenters. The molecule has 0 fully saturated rings. The highest BCUT2D eigenvalue weighted by molar-refractivity contribution is 7.09. The Morgan fingerprint density at radius 1 is 1.48 bits per heavy atom. The zero-order valence-corrected chi connectivity index (χ0v) is 16.3. The lowest BCUT2D eigenvalue weighted by atomic mass is 10.1. The van der Waals surface area contributed by atoms with E-state index in [1.54, 1.807) is 18.3 Å². The topological polar surface area (TPSA) is 64.1 Å². The van der Waals surface area contributed by atoms with Crippen molar-refractivity contribution in [1.82, 2.24) is 4.98 Å². The molecule has 0 radical (unpaired) electrons. The first-order valence-corrected chi connectivity index (χ1v) is 9.57. The molecule has 3 aromatic rings. The van der Waals surface area contributed by atoms with Crippen molar-refractivity contribution in [3.05, 3.63) is 44.7 Å². The number of hydrogen-bond donors (Lipinski definition) is 2. The molecule has 0 aromatic carbocycles. The Bertz CT molecular complexity index is 1010. The molecule has 0 aliphatic heterocycles. The van der Waals surface area contributed by atoms with Gasteiger partial charge in [0.1, 0.15) is 23.1 Å². The van der Waals surface area contributed by atoms with Crippen LogP contribution in [-0.2, 0) is 13.0 Å². The van der Waals surface area contributed by atoms with Gasteiger partial charge in [0.25, 0.3) is 0 Å². The summed E-state index contributed by atoms with van der Waals surface area (Å²) in [7, 11) is 0. The van der Waals surface area contributed by atoms with Crippen molar-refractivity contribution >= 4 is 39.7 Å². The Balaban J connectivity index is 2.10. The number of aromatic nitrogens is 1. The Morgan fingerprint density at radius 2 is 2.26 bits per heavy atom. The monoisotopic (exact) mass is 409 g/mol. The summed E-state index contributed by atoms with van der Waals surface area (Å²) < 4.78 is 34.0. The van der Waals surface area contributed by atoms with Crippen LogP contribution in [0.1, 0.15) is 30.0 Å². The van der Waals surface area contributed by atoms with E-state index >= 15 is 0 Å². The number of anilines is 1. The second-order valence-electron chi connectivity index (χ2n) is 6.02. The van der Waals surface area contributed by atoms with Crippen LogP contribution in [-0.4, -0.2) is 17.2 Å². The van der Waals surface area contributed by atoms with Crippen molar-refractivity contribution in [2.24, 2.45) is 5.73 Å². The van der Waals surface area contributed by atoms with Crippen molar-refractivity contribution in [3.8, 4) is 11.8 Å². The molecule has 142 valence electrons. The van der Waals surface area contributed by atoms with Gasteiger partial charge in [0.05, 0.1) is 5.56 Å². The fourth-order valence-corrected chi connectivity index (χ4v) is 3.44. The van der Waals surface area contributed by atoms with Gasteiger partial charge in [-0.2, -0.15) is 0 Å². The molecule has 0 saturated heterocycles. The number of rotatable bonds is 6. The van der Waals surface area contributed by atoms with Crippen LogP contribution in [0.25, 0.3) is 11.1 Å². The first-order valence-electron chi connectivity index (χ1n) is 8.31. The SMILES string of the molecule is CC#Cc1c(C[C@@H](N)[C@H](C)F)oc2c(NCc3cccs3)c(F)c(Cl)nc12. The van der Waals surface area contributed by atoms with Gasteiger partial charge >= 0.3 is 0 Å². The highest BCUT2D eigenvalue weighted by Gasteiger charge is 2.25. The maximum absolute atomic E-state index is 14.6. The quantitative estimate of drug-likeness (QED) is 0.449. The predicted molar refractivity (Wildman–Crippen MR) is 105 cm³/mol. The third-order valence-corrected chi connectivity index (χ3v) is 5.20. The van der Waals surface area contributed by atoms with E-state index in [0.29, 0.717) is 23.4 Å². The summed E-state index contributed by atoms with van der Waals surface area (Å²) in [6.45, 7) is 3.43. The highest BCUT2D eigenvalue weighted by Crippen LogP contribution is 2.35. The van der Waals surface area contributed by atoms with E-state index in [0.717, 1.165) is 4.88 Å². The van der Waals surface area contributed by atoms with Gasteiger partial charge in [0, 0.05) is 23.9 Å². The van der Waals surface area contributed by atoms with Gasteiger partial charge in [-0.1, -0.05) is 23.6 Å². The Labute approximate surface area is 164 Å². The van der Waals surface area contributed by atoms with Crippen molar-refractivity contribution in [1.29, 1.82) is 0 Å². The van der Waals surface area contributed by atoms with Crippen LogP contribution in [0.5, 0.6) is 0 Å². The van der Waals surface area contributed by atoms with Crippen molar-refractivity contribution in [2.75, 3.05) is 5.32 Å². The molecule has 0 saturated carbocycles. The van der Waals surface area contributed by atoms with Gasteiger partial charge < -0.3 is 15.5 Å². The van der Waals surface area contributed by atoms with Crippen molar-refractivity contribution < 1.29 is 13.2 Å². The minimum absolute atomic E-state index is 0.102. The van der Waals surface area contributed by atoms with Crippen LogP contribution < -0.4 is 11.1 Å². The molecule has 3 rings (SSSR count). The van der Waals surface area contributed by atoms with Crippen LogP contribution in [0, 0.1) is 17.7 Å². The smallest absolute Gasteiger partial charge is 0.187 e. The van der Waals surface area contributed by atoms with Crippen LogP contribution in [0.15, 0.2) is 21.9 Å². The first-order chi connectivity index (χ1) is 12.9. The summed E-state index contributed by atoms with van der Waals surface area (Å²) in [6.07, 6.45) is -1.12. The Hall–Kier alpha value is -2.14. The third kappa shape index (κ3) is 4.08. The Kier molecular flexibility index (Phi) is 6.00. The minimum Gasteiger partial charge on any atom is -0.456 e. The largest absolute Gasteiger partial charge is 0.456 e. The lowest BCUT2D eigenvalue weighted by Crippen LogP contribution is -2.31. The maximum atomic E-state index is 14.6. The molecule has 4 nitrogen and oxygen atoms in total. The molecule has 27 heavy (non-hydrogen) atoms. The van der Waals surface area contributed by atoms with E-state index in [2.05, 4.69) is 22.1 Å². The second-order valence-corrected chi connectivity index (χ2v) is 7.41. The first kappa shape index (κ1) is 19.6. The lowest BCUT2D eigenvalue weighted by Gasteiger charge is -2.10. The maximum Gasteiger partial charge on any atom is 0.187 e. The molecule has 0 amide bonds. The molecule has 3 N–H and O–H groups in total. The summed E-state index contributed by atoms with van der Waals surface area (Å²) in [6, 6.07) is 3.07. The van der Waals surface area contributed by atoms with Gasteiger partial charge in [-0.15, -0.1) is 17.3 Å². The van der Waals surface area contributed by atoms with Crippen LogP contribution >= 0.6 is 22.9 Å². The molecule has 0 spiro atoms. The average Bonchev–Trinajstić information content (AvgIpc) is 3.25. The second kappa shape index (κ2) is 8.26.